The topological polar surface area (TPSA) is 77.3 Å². The molecular formula is C24H24ClFN4O4. The molecule has 2 aromatic rings. The van der Waals surface area contributed by atoms with Gasteiger partial charge in [0.2, 0.25) is 5.82 Å². The van der Waals surface area contributed by atoms with Crippen molar-refractivity contribution in [2.24, 2.45) is 11.8 Å². The van der Waals surface area contributed by atoms with E-state index in [-0.39, 0.29) is 46.2 Å². The molecule has 34 heavy (non-hydrogen) atoms. The summed E-state index contributed by atoms with van der Waals surface area (Å²) in [6.07, 6.45) is 2.62. The number of benzene rings is 1. The Morgan fingerprint density at radius 2 is 2.06 bits per heavy atom. The summed E-state index contributed by atoms with van der Waals surface area (Å²) < 4.78 is 32.8. The Labute approximate surface area is 201 Å². The number of pyridine rings is 1. The molecule has 0 radical (unpaired) electrons. The van der Waals surface area contributed by atoms with Crippen LogP contribution >= 0.6 is 11.6 Å². The number of rotatable bonds is 5. The molecule has 1 aromatic carbocycles. The molecule has 3 heterocycles. The fraction of sp³-hybridized carbons (Fsp3) is 0.458. The number of nitrogens with zero attached hydrogens (tertiary/aromatic N) is 3. The fourth-order valence-corrected chi connectivity index (χ4v) is 4.57. The summed E-state index contributed by atoms with van der Waals surface area (Å²) in [7, 11) is 0. The molecule has 3 fully saturated rings. The molecule has 1 aromatic heterocycles. The molecule has 1 amide bonds. The second-order valence-electron chi connectivity index (χ2n) is 9.24. The SMILES string of the molecule is [C-]#[N+]c1ccc(Nc2nccc(OC3C4COCC3CN(C(=O)OC3(C)CC3)C4)c2F)c(Cl)c1. The van der Waals surface area contributed by atoms with Gasteiger partial charge in [-0.15, -0.1) is 0 Å². The number of carbonyl (C=O) groups excluding carboxylic acids is 1. The Hall–Kier alpha value is -3.09. The maximum absolute atomic E-state index is 15.3. The van der Waals surface area contributed by atoms with Crippen LogP contribution in [0.5, 0.6) is 5.75 Å². The Morgan fingerprint density at radius 3 is 2.71 bits per heavy atom. The van der Waals surface area contributed by atoms with E-state index in [0.717, 1.165) is 12.8 Å². The van der Waals surface area contributed by atoms with Gasteiger partial charge in [-0.2, -0.15) is 4.39 Å². The molecule has 3 aliphatic rings. The van der Waals surface area contributed by atoms with E-state index in [2.05, 4.69) is 15.1 Å². The maximum Gasteiger partial charge on any atom is 0.410 e. The van der Waals surface area contributed by atoms with Gasteiger partial charge in [0.15, 0.2) is 17.3 Å². The first kappa shape index (κ1) is 22.7. The lowest BCUT2D eigenvalue weighted by Crippen LogP contribution is -2.59. The van der Waals surface area contributed by atoms with Crippen molar-refractivity contribution in [1.82, 2.24) is 9.88 Å². The Balaban J connectivity index is 1.30. The first-order chi connectivity index (χ1) is 16.3. The summed E-state index contributed by atoms with van der Waals surface area (Å²) in [6, 6.07) is 6.17. The van der Waals surface area contributed by atoms with E-state index in [4.69, 9.17) is 32.4 Å². The normalized spacial score (nSPS) is 24.6. The van der Waals surface area contributed by atoms with Gasteiger partial charge in [-0.1, -0.05) is 17.7 Å². The van der Waals surface area contributed by atoms with Gasteiger partial charge in [-0.3, -0.25) is 0 Å². The highest BCUT2D eigenvalue weighted by Crippen LogP contribution is 2.40. The number of piperidine rings is 1. The number of likely N-dealkylation sites (tertiary alicyclic amines) is 1. The highest BCUT2D eigenvalue weighted by atomic mass is 35.5. The van der Waals surface area contributed by atoms with Crippen LogP contribution in [-0.2, 0) is 9.47 Å². The second kappa shape index (κ2) is 8.93. The van der Waals surface area contributed by atoms with Crippen LogP contribution in [0.4, 0.5) is 26.4 Å². The molecule has 1 N–H and O–H groups in total. The van der Waals surface area contributed by atoms with Gasteiger partial charge in [0.05, 0.1) is 30.5 Å². The Bertz CT molecular complexity index is 1140. The van der Waals surface area contributed by atoms with Gasteiger partial charge in [0.1, 0.15) is 11.7 Å². The van der Waals surface area contributed by atoms with E-state index < -0.39 is 5.82 Å². The number of carbonyl (C=O) groups is 1. The minimum Gasteiger partial charge on any atom is -0.486 e. The van der Waals surface area contributed by atoms with E-state index in [9.17, 15) is 4.79 Å². The van der Waals surface area contributed by atoms with E-state index in [0.29, 0.717) is 37.7 Å². The van der Waals surface area contributed by atoms with Gasteiger partial charge in [-0.25, -0.2) is 14.6 Å². The third-order valence-electron chi connectivity index (χ3n) is 6.50. The lowest BCUT2D eigenvalue weighted by atomic mass is 9.84. The molecule has 8 nitrogen and oxygen atoms in total. The number of hydrogen-bond acceptors (Lipinski definition) is 6. The van der Waals surface area contributed by atoms with Gasteiger partial charge in [-0.05, 0) is 31.9 Å². The predicted molar refractivity (Wildman–Crippen MR) is 123 cm³/mol. The zero-order valence-corrected chi connectivity index (χ0v) is 19.3. The minimum atomic E-state index is -0.643. The average Bonchev–Trinajstić information content (AvgIpc) is 3.53. The van der Waals surface area contributed by atoms with Crippen molar-refractivity contribution < 1.29 is 23.4 Å². The molecule has 2 aliphatic heterocycles. The largest absolute Gasteiger partial charge is 0.486 e. The van der Waals surface area contributed by atoms with Crippen molar-refractivity contribution in [1.29, 1.82) is 0 Å². The average molecular weight is 487 g/mol. The number of amides is 1. The summed E-state index contributed by atoms with van der Waals surface area (Å²) in [5.74, 6) is -0.821. The fourth-order valence-electron chi connectivity index (χ4n) is 4.35. The third-order valence-corrected chi connectivity index (χ3v) is 6.81. The summed E-state index contributed by atoms with van der Waals surface area (Å²) in [5.41, 5.74) is 0.481. The first-order valence-electron chi connectivity index (χ1n) is 11.2. The third kappa shape index (κ3) is 4.61. The molecule has 178 valence electrons. The molecule has 0 spiro atoms. The maximum atomic E-state index is 15.3. The van der Waals surface area contributed by atoms with Gasteiger partial charge in [0.25, 0.3) is 0 Å². The summed E-state index contributed by atoms with van der Waals surface area (Å²) >= 11 is 6.21. The molecule has 2 saturated heterocycles. The molecular weight excluding hydrogens is 463 g/mol. The zero-order valence-electron chi connectivity index (χ0n) is 18.6. The van der Waals surface area contributed by atoms with Crippen molar-refractivity contribution in [2.75, 3.05) is 31.6 Å². The van der Waals surface area contributed by atoms with Gasteiger partial charge in [0, 0.05) is 37.2 Å². The predicted octanol–water partition coefficient (Wildman–Crippen LogP) is 5.18. The summed E-state index contributed by atoms with van der Waals surface area (Å²) in [5, 5.41) is 3.16. The number of fused-ring (bicyclic) bond motifs is 2. The van der Waals surface area contributed by atoms with Gasteiger partial charge < -0.3 is 24.4 Å². The first-order valence-corrected chi connectivity index (χ1v) is 11.5. The Kier molecular flexibility index (Phi) is 5.96. The van der Waals surface area contributed by atoms with Crippen LogP contribution in [-0.4, -0.2) is 54.0 Å². The number of nitrogens with one attached hydrogen (secondary N) is 1. The molecule has 2 bridgehead atoms. The van der Waals surface area contributed by atoms with Crippen LogP contribution in [0.2, 0.25) is 5.02 Å². The van der Waals surface area contributed by atoms with E-state index >= 15 is 4.39 Å². The Morgan fingerprint density at radius 1 is 1.32 bits per heavy atom. The quantitative estimate of drug-likeness (QED) is 0.586. The van der Waals surface area contributed by atoms with Crippen molar-refractivity contribution >= 4 is 34.9 Å². The van der Waals surface area contributed by atoms with Crippen LogP contribution in [0.3, 0.4) is 0 Å². The van der Waals surface area contributed by atoms with Crippen LogP contribution in [0, 0.1) is 24.2 Å². The molecule has 5 rings (SSSR count). The molecule has 10 heteroatoms. The summed E-state index contributed by atoms with van der Waals surface area (Å²) in [4.78, 5) is 21.7. The van der Waals surface area contributed by atoms with Crippen LogP contribution in [0.15, 0.2) is 30.5 Å². The van der Waals surface area contributed by atoms with E-state index in [1.54, 1.807) is 17.0 Å². The second-order valence-corrected chi connectivity index (χ2v) is 9.64. The summed E-state index contributed by atoms with van der Waals surface area (Å²) in [6.45, 7) is 10.7. The molecule has 1 saturated carbocycles. The standard InChI is InChI=1S/C24H24ClFN4O4/c1-24(6-7-24)34-23(31)30-10-14-12-32-13-15(11-30)21(14)33-19-5-8-28-22(20(19)26)29-18-4-3-16(27-2)9-17(18)25/h3-5,8-9,14-15,21H,6-7,10-13H2,1H3,(H,28,29). The number of anilines is 2. The van der Waals surface area contributed by atoms with E-state index in [1.165, 1.54) is 18.3 Å². The van der Waals surface area contributed by atoms with Crippen molar-refractivity contribution in [2.45, 2.75) is 31.5 Å². The van der Waals surface area contributed by atoms with Crippen molar-refractivity contribution in [3.8, 4) is 5.75 Å². The smallest absolute Gasteiger partial charge is 0.410 e. The van der Waals surface area contributed by atoms with Crippen LogP contribution in [0.25, 0.3) is 4.85 Å². The number of aromatic nitrogens is 1. The molecule has 2 atom stereocenters. The monoisotopic (exact) mass is 486 g/mol. The molecule has 2 unspecified atom stereocenters. The van der Waals surface area contributed by atoms with Crippen LogP contribution < -0.4 is 10.1 Å². The van der Waals surface area contributed by atoms with Crippen molar-refractivity contribution in [3.05, 3.63) is 52.7 Å². The highest BCUT2D eigenvalue weighted by molar-refractivity contribution is 6.33. The lowest BCUT2D eigenvalue weighted by Gasteiger charge is -2.46. The number of halogens is 2. The van der Waals surface area contributed by atoms with Crippen LogP contribution in [0.1, 0.15) is 19.8 Å². The minimum absolute atomic E-state index is 0.0323. The number of ether oxygens (including phenoxy) is 3. The highest BCUT2D eigenvalue weighted by Gasteiger charge is 2.47. The lowest BCUT2D eigenvalue weighted by molar-refractivity contribution is -0.111. The van der Waals surface area contributed by atoms with Gasteiger partial charge >= 0.3 is 6.09 Å². The zero-order chi connectivity index (χ0) is 23.9. The number of hydrogen-bond donors (Lipinski definition) is 1. The van der Waals surface area contributed by atoms with E-state index in [1.807, 2.05) is 6.92 Å². The molecule has 1 aliphatic carbocycles. The van der Waals surface area contributed by atoms with Crippen molar-refractivity contribution in [3.63, 3.8) is 0 Å².